The third-order valence-electron chi connectivity index (χ3n) is 2.98. The molecule has 3 heteroatoms. The van der Waals surface area contributed by atoms with Gasteiger partial charge in [-0.15, -0.1) is 0 Å². The summed E-state index contributed by atoms with van der Waals surface area (Å²) < 4.78 is 13.2. The fourth-order valence-corrected chi connectivity index (χ4v) is 2.52. The molecule has 0 saturated heterocycles. The van der Waals surface area contributed by atoms with Crippen LogP contribution in [0.15, 0.2) is 36.4 Å². The average molecular weight is 283 g/mol. The van der Waals surface area contributed by atoms with Gasteiger partial charge < -0.3 is 0 Å². The molecule has 0 nitrogen and oxygen atoms in total. The number of aryl methyl sites for hydroxylation is 1. The lowest BCUT2D eigenvalue weighted by molar-refractivity contribution is 0.624. The Hall–Kier alpha value is -1.05. The lowest BCUT2D eigenvalue weighted by Crippen LogP contribution is -1.97. The average Bonchev–Trinajstić information content (AvgIpc) is 2.35. The van der Waals surface area contributed by atoms with Crippen molar-refractivity contribution < 1.29 is 4.39 Å². The van der Waals surface area contributed by atoms with Crippen LogP contribution in [-0.2, 0) is 12.8 Å². The number of benzene rings is 2. The normalized spacial score (nSPS) is 10.7. The van der Waals surface area contributed by atoms with Crippen LogP contribution in [-0.4, -0.2) is 0 Å². The number of hydrogen-bond acceptors (Lipinski definition) is 0. The molecule has 18 heavy (non-hydrogen) atoms. The molecule has 0 N–H and O–H groups in total. The van der Waals surface area contributed by atoms with Crippen LogP contribution in [0.1, 0.15) is 23.6 Å². The molecular weight excluding hydrogens is 270 g/mol. The summed E-state index contributed by atoms with van der Waals surface area (Å²) in [4.78, 5) is 0. The van der Waals surface area contributed by atoms with Gasteiger partial charge in [0.25, 0.3) is 0 Å². The van der Waals surface area contributed by atoms with E-state index in [1.807, 2.05) is 25.1 Å². The molecule has 2 aromatic carbocycles. The molecule has 0 atom stereocenters. The summed E-state index contributed by atoms with van der Waals surface area (Å²) in [6.07, 6.45) is 1.41. The van der Waals surface area contributed by atoms with Crippen LogP contribution in [0.4, 0.5) is 4.39 Å². The zero-order chi connectivity index (χ0) is 13.1. The van der Waals surface area contributed by atoms with Crippen molar-refractivity contribution in [3.63, 3.8) is 0 Å². The molecule has 0 aliphatic rings. The van der Waals surface area contributed by atoms with Crippen molar-refractivity contribution in [2.45, 2.75) is 19.8 Å². The van der Waals surface area contributed by atoms with E-state index in [0.717, 1.165) is 23.1 Å². The third kappa shape index (κ3) is 2.85. The molecule has 0 aliphatic heterocycles. The van der Waals surface area contributed by atoms with Crippen LogP contribution in [0.5, 0.6) is 0 Å². The van der Waals surface area contributed by atoms with E-state index in [1.165, 1.54) is 6.07 Å². The Balaban J connectivity index is 2.40. The molecule has 0 fully saturated rings. The quantitative estimate of drug-likeness (QED) is 0.718. The standard InChI is InChI=1S/C15H13Cl2F/c1-2-10-8-12(18)7-6-11(10)9-13-14(16)4-3-5-15(13)17/h3-8H,2,9H2,1H3. The summed E-state index contributed by atoms with van der Waals surface area (Å²) in [5.41, 5.74) is 2.95. The van der Waals surface area contributed by atoms with E-state index in [9.17, 15) is 4.39 Å². The molecule has 0 spiro atoms. The molecular formula is C15H13Cl2F. The zero-order valence-corrected chi connectivity index (χ0v) is 11.5. The topological polar surface area (TPSA) is 0 Å². The van der Waals surface area contributed by atoms with Gasteiger partial charge in [0, 0.05) is 16.5 Å². The van der Waals surface area contributed by atoms with Crippen molar-refractivity contribution in [1.82, 2.24) is 0 Å². The summed E-state index contributed by atoms with van der Waals surface area (Å²) in [5.74, 6) is -0.208. The van der Waals surface area contributed by atoms with Crippen LogP contribution in [0.2, 0.25) is 10.0 Å². The molecule has 0 saturated carbocycles. The van der Waals surface area contributed by atoms with E-state index in [4.69, 9.17) is 23.2 Å². The minimum atomic E-state index is -0.208. The van der Waals surface area contributed by atoms with Gasteiger partial charge in [0.15, 0.2) is 0 Å². The zero-order valence-electron chi connectivity index (χ0n) is 10.0. The Kier molecular flexibility index (Phi) is 4.26. The Bertz CT molecular complexity index is 544. The molecule has 0 amide bonds. The highest BCUT2D eigenvalue weighted by Crippen LogP contribution is 2.28. The van der Waals surface area contributed by atoms with Gasteiger partial charge in [-0.3, -0.25) is 0 Å². The van der Waals surface area contributed by atoms with Crippen LogP contribution >= 0.6 is 23.2 Å². The van der Waals surface area contributed by atoms with Gasteiger partial charge in [0.05, 0.1) is 0 Å². The predicted molar refractivity (Wildman–Crippen MR) is 75.0 cm³/mol. The largest absolute Gasteiger partial charge is 0.207 e. The maximum atomic E-state index is 13.2. The smallest absolute Gasteiger partial charge is 0.123 e. The van der Waals surface area contributed by atoms with Gasteiger partial charge in [-0.2, -0.15) is 0 Å². The lowest BCUT2D eigenvalue weighted by atomic mass is 9.98. The summed E-state index contributed by atoms with van der Waals surface area (Å²) in [6.45, 7) is 2.01. The van der Waals surface area contributed by atoms with E-state index >= 15 is 0 Å². The summed E-state index contributed by atoms with van der Waals surface area (Å²) in [6, 6.07) is 10.3. The first kappa shape index (κ1) is 13.4. The van der Waals surface area contributed by atoms with E-state index in [-0.39, 0.29) is 5.82 Å². The molecule has 0 unspecified atom stereocenters. The van der Waals surface area contributed by atoms with Crippen molar-refractivity contribution in [2.75, 3.05) is 0 Å². The molecule has 2 rings (SSSR count). The molecule has 0 radical (unpaired) electrons. The number of rotatable bonds is 3. The Labute approximate surface area is 116 Å². The van der Waals surface area contributed by atoms with Gasteiger partial charge in [-0.1, -0.05) is 42.3 Å². The first-order valence-corrected chi connectivity index (χ1v) is 6.57. The molecule has 0 heterocycles. The monoisotopic (exact) mass is 282 g/mol. The SMILES string of the molecule is CCc1cc(F)ccc1Cc1c(Cl)cccc1Cl. The van der Waals surface area contributed by atoms with Crippen molar-refractivity contribution >= 4 is 23.2 Å². The minimum absolute atomic E-state index is 0.208. The molecule has 2 aromatic rings. The van der Waals surface area contributed by atoms with E-state index in [2.05, 4.69) is 0 Å². The van der Waals surface area contributed by atoms with Crippen LogP contribution in [0.3, 0.4) is 0 Å². The van der Waals surface area contributed by atoms with Gasteiger partial charge in [-0.05, 0) is 47.4 Å². The van der Waals surface area contributed by atoms with Gasteiger partial charge in [0.1, 0.15) is 5.82 Å². The maximum Gasteiger partial charge on any atom is 0.123 e. The molecule has 0 aliphatic carbocycles. The van der Waals surface area contributed by atoms with Crippen molar-refractivity contribution in [3.8, 4) is 0 Å². The van der Waals surface area contributed by atoms with Crippen LogP contribution < -0.4 is 0 Å². The Morgan fingerprint density at radius 2 is 1.67 bits per heavy atom. The third-order valence-corrected chi connectivity index (χ3v) is 3.69. The van der Waals surface area contributed by atoms with Crippen molar-refractivity contribution in [3.05, 3.63) is 69.0 Å². The fourth-order valence-electron chi connectivity index (χ4n) is 1.99. The summed E-state index contributed by atoms with van der Waals surface area (Å²) in [5, 5.41) is 1.29. The molecule has 0 aromatic heterocycles. The summed E-state index contributed by atoms with van der Waals surface area (Å²) >= 11 is 12.3. The highest BCUT2D eigenvalue weighted by Gasteiger charge is 2.09. The van der Waals surface area contributed by atoms with Gasteiger partial charge in [0.2, 0.25) is 0 Å². The maximum absolute atomic E-state index is 13.2. The van der Waals surface area contributed by atoms with Crippen molar-refractivity contribution in [1.29, 1.82) is 0 Å². The second kappa shape index (κ2) is 5.73. The van der Waals surface area contributed by atoms with E-state index in [0.29, 0.717) is 16.5 Å². The summed E-state index contributed by atoms with van der Waals surface area (Å²) in [7, 11) is 0. The Morgan fingerprint density at radius 1 is 1.00 bits per heavy atom. The van der Waals surface area contributed by atoms with Gasteiger partial charge in [-0.25, -0.2) is 4.39 Å². The second-order valence-corrected chi connectivity index (χ2v) is 4.96. The first-order valence-electron chi connectivity index (χ1n) is 5.82. The van der Waals surface area contributed by atoms with Crippen molar-refractivity contribution in [2.24, 2.45) is 0 Å². The number of hydrogen-bond donors (Lipinski definition) is 0. The van der Waals surface area contributed by atoms with Gasteiger partial charge >= 0.3 is 0 Å². The molecule has 0 bridgehead atoms. The number of halogens is 3. The van der Waals surface area contributed by atoms with Crippen LogP contribution in [0.25, 0.3) is 0 Å². The first-order chi connectivity index (χ1) is 8.61. The lowest BCUT2D eigenvalue weighted by Gasteiger charge is -2.11. The Morgan fingerprint density at radius 3 is 2.28 bits per heavy atom. The highest BCUT2D eigenvalue weighted by atomic mass is 35.5. The minimum Gasteiger partial charge on any atom is -0.207 e. The predicted octanol–water partition coefficient (Wildman–Crippen LogP) is 5.29. The van der Waals surface area contributed by atoms with Crippen LogP contribution in [0, 0.1) is 5.82 Å². The van der Waals surface area contributed by atoms with E-state index in [1.54, 1.807) is 12.1 Å². The van der Waals surface area contributed by atoms with E-state index < -0.39 is 0 Å². The molecule has 94 valence electrons. The fraction of sp³-hybridized carbons (Fsp3) is 0.200. The highest BCUT2D eigenvalue weighted by molar-refractivity contribution is 6.36. The second-order valence-electron chi connectivity index (χ2n) is 4.14.